The SMILES string of the molecule is CC(C)(C)OC(=O)NC1COc2cc(CO)nn2C1. The molecular formula is C12H19N3O4. The Hall–Kier alpha value is -1.76. The molecular weight excluding hydrogens is 250 g/mol. The van der Waals surface area contributed by atoms with Gasteiger partial charge in [-0.05, 0) is 20.8 Å². The van der Waals surface area contributed by atoms with E-state index in [-0.39, 0.29) is 12.6 Å². The fourth-order valence-electron chi connectivity index (χ4n) is 1.78. The van der Waals surface area contributed by atoms with Gasteiger partial charge in [-0.1, -0.05) is 0 Å². The fraction of sp³-hybridized carbons (Fsp3) is 0.667. The second kappa shape index (κ2) is 5.08. The monoisotopic (exact) mass is 269 g/mol. The average Bonchev–Trinajstić information content (AvgIpc) is 2.68. The summed E-state index contributed by atoms with van der Waals surface area (Å²) in [5, 5.41) is 15.9. The highest BCUT2D eigenvalue weighted by molar-refractivity contribution is 5.68. The van der Waals surface area contributed by atoms with Gasteiger partial charge in [-0.25, -0.2) is 9.48 Å². The predicted octanol–water partition coefficient (Wildman–Crippen LogP) is 0.661. The van der Waals surface area contributed by atoms with Crippen LogP contribution in [0.3, 0.4) is 0 Å². The van der Waals surface area contributed by atoms with Gasteiger partial charge in [-0.3, -0.25) is 0 Å². The number of alkyl carbamates (subject to hydrolysis) is 1. The molecule has 106 valence electrons. The quantitative estimate of drug-likeness (QED) is 0.823. The van der Waals surface area contributed by atoms with Crippen LogP contribution in [-0.4, -0.2) is 39.2 Å². The van der Waals surface area contributed by atoms with Gasteiger partial charge in [0.15, 0.2) is 0 Å². The van der Waals surface area contributed by atoms with E-state index in [4.69, 9.17) is 14.6 Å². The van der Waals surface area contributed by atoms with E-state index in [1.807, 2.05) is 20.8 Å². The van der Waals surface area contributed by atoms with E-state index in [0.717, 1.165) is 0 Å². The van der Waals surface area contributed by atoms with Crippen molar-refractivity contribution in [2.24, 2.45) is 0 Å². The van der Waals surface area contributed by atoms with Gasteiger partial charge in [-0.15, -0.1) is 0 Å². The van der Waals surface area contributed by atoms with Crippen LogP contribution in [0.1, 0.15) is 26.5 Å². The van der Waals surface area contributed by atoms with E-state index in [9.17, 15) is 4.79 Å². The molecule has 0 bridgehead atoms. The van der Waals surface area contributed by atoms with Gasteiger partial charge in [0.05, 0.1) is 24.9 Å². The van der Waals surface area contributed by atoms with Crippen LogP contribution in [0.2, 0.25) is 0 Å². The highest BCUT2D eigenvalue weighted by atomic mass is 16.6. The molecule has 0 spiro atoms. The molecule has 1 atom stereocenters. The Bertz CT molecular complexity index is 464. The number of carbonyl (C=O) groups is 1. The lowest BCUT2D eigenvalue weighted by molar-refractivity contribution is 0.0461. The van der Waals surface area contributed by atoms with E-state index in [1.165, 1.54) is 0 Å². The molecule has 7 nitrogen and oxygen atoms in total. The van der Waals surface area contributed by atoms with Crippen LogP contribution >= 0.6 is 0 Å². The van der Waals surface area contributed by atoms with Crippen molar-refractivity contribution < 1.29 is 19.4 Å². The third kappa shape index (κ3) is 3.60. The summed E-state index contributed by atoms with van der Waals surface area (Å²) in [5.41, 5.74) is 0.0217. The number of nitrogens with one attached hydrogen (secondary N) is 1. The number of nitrogens with zero attached hydrogens (tertiary/aromatic N) is 2. The number of aliphatic hydroxyl groups excluding tert-OH is 1. The molecule has 1 aromatic rings. The molecule has 0 fully saturated rings. The molecule has 1 aliphatic rings. The largest absolute Gasteiger partial charge is 0.476 e. The van der Waals surface area contributed by atoms with Gasteiger partial charge in [0.25, 0.3) is 0 Å². The first kappa shape index (κ1) is 13.7. The van der Waals surface area contributed by atoms with E-state index >= 15 is 0 Å². The first-order valence-corrected chi connectivity index (χ1v) is 6.17. The van der Waals surface area contributed by atoms with E-state index in [1.54, 1.807) is 10.7 Å². The Balaban J connectivity index is 1.93. The molecule has 1 aromatic heterocycles. The number of ether oxygens (including phenoxy) is 2. The molecule has 0 aliphatic carbocycles. The Labute approximate surface area is 111 Å². The van der Waals surface area contributed by atoms with Crippen molar-refractivity contribution in [3.63, 3.8) is 0 Å². The molecule has 2 rings (SSSR count). The van der Waals surface area contributed by atoms with Crippen LogP contribution in [-0.2, 0) is 17.9 Å². The van der Waals surface area contributed by atoms with Gasteiger partial charge in [-0.2, -0.15) is 5.10 Å². The standard InChI is InChI=1S/C12H19N3O4/c1-12(2,3)19-11(17)13-9-5-15-10(18-7-9)4-8(6-16)14-15/h4,9,16H,5-7H2,1-3H3,(H,13,17). The number of fused-ring (bicyclic) bond motifs is 1. The van der Waals surface area contributed by atoms with Crippen LogP contribution in [0.25, 0.3) is 0 Å². The van der Waals surface area contributed by atoms with Crippen LogP contribution < -0.4 is 10.1 Å². The van der Waals surface area contributed by atoms with Gasteiger partial charge in [0, 0.05) is 6.07 Å². The van der Waals surface area contributed by atoms with Crippen molar-refractivity contribution in [1.29, 1.82) is 0 Å². The summed E-state index contributed by atoms with van der Waals surface area (Å²) in [6.07, 6.45) is -0.473. The molecule has 1 unspecified atom stereocenters. The third-order valence-corrected chi connectivity index (χ3v) is 2.50. The van der Waals surface area contributed by atoms with Crippen LogP contribution in [0.15, 0.2) is 6.07 Å². The topological polar surface area (TPSA) is 85.6 Å². The third-order valence-electron chi connectivity index (χ3n) is 2.50. The molecule has 0 radical (unpaired) electrons. The summed E-state index contributed by atoms with van der Waals surface area (Å²) in [6.45, 7) is 6.15. The number of carbonyl (C=O) groups excluding carboxylic acids is 1. The lowest BCUT2D eigenvalue weighted by Crippen LogP contribution is -2.46. The number of amides is 1. The Kier molecular flexibility index (Phi) is 3.66. The lowest BCUT2D eigenvalue weighted by Gasteiger charge is -2.26. The summed E-state index contributed by atoms with van der Waals surface area (Å²) < 4.78 is 12.3. The smallest absolute Gasteiger partial charge is 0.408 e. The molecule has 0 saturated heterocycles. The zero-order valence-electron chi connectivity index (χ0n) is 11.3. The summed E-state index contributed by atoms with van der Waals surface area (Å²) in [5.74, 6) is 0.603. The minimum Gasteiger partial charge on any atom is -0.476 e. The van der Waals surface area contributed by atoms with Crippen molar-refractivity contribution in [1.82, 2.24) is 15.1 Å². The maximum atomic E-state index is 11.6. The molecule has 1 amide bonds. The number of aromatic nitrogens is 2. The normalized spacial score (nSPS) is 18.4. The van der Waals surface area contributed by atoms with E-state index in [0.29, 0.717) is 24.7 Å². The fourth-order valence-corrected chi connectivity index (χ4v) is 1.78. The molecule has 7 heteroatoms. The number of rotatable bonds is 2. The molecule has 2 N–H and O–H groups in total. The number of aliphatic hydroxyl groups is 1. The highest BCUT2D eigenvalue weighted by Crippen LogP contribution is 2.18. The molecule has 0 aromatic carbocycles. The van der Waals surface area contributed by atoms with Gasteiger partial charge < -0.3 is 19.9 Å². The second-order valence-electron chi connectivity index (χ2n) is 5.47. The van der Waals surface area contributed by atoms with Crippen molar-refractivity contribution in [2.45, 2.75) is 45.6 Å². The summed E-state index contributed by atoms with van der Waals surface area (Å²) in [6, 6.07) is 1.48. The maximum absolute atomic E-state index is 11.6. The Morgan fingerprint density at radius 3 is 3.05 bits per heavy atom. The van der Waals surface area contributed by atoms with Crippen LogP contribution in [0.5, 0.6) is 5.88 Å². The predicted molar refractivity (Wildman–Crippen MR) is 66.8 cm³/mol. The van der Waals surface area contributed by atoms with E-state index in [2.05, 4.69) is 10.4 Å². The van der Waals surface area contributed by atoms with Crippen LogP contribution in [0, 0.1) is 0 Å². The van der Waals surface area contributed by atoms with Crippen molar-refractivity contribution in [3.8, 4) is 5.88 Å². The van der Waals surface area contributed by atoms with Gasteiger partial charge >= 0.3 is 6.09 Å². The zero-order chi connectivity index (χ0) is 14.0. The summed E-state index contributed by atoms with van der Waals surface area (Å²) in [4.78, 5) is 11.6. The van der Waals surface area contributed by atoms with Crippen molar-refractivity contribution in [2.75, 3.05) is 6.61 Å². The molecule has 0 saturated carbocycles. The minimum absolute atomic E-state index is 0.131. The Morgan fingerprint density at radius 1 is 1.68 bits per heavy atom. The zero-order valence-corrected chi connectivity index (χ0v) is 11.3. The highest BCUT2D eigenvalue weighted by Gasteiger charge is 2.25. The maximum Gasteiger partial charge on any atom is 0.408 e. The van der Waals surface area contributed by atoms with Crippen LogP contribution in [0.4, 0.5) is 4.79 Å². The molecule has 19 heavy (non-hydrogen) atoms. The first-order valence-electron chi connectivity index (χ1n) is 6.17. The summed E-state index contributed by atoms with van der Waals surface area (Å²) in [7, 11) is 0. The lowest BCUT2D eigenvalue weighted by atomic mass is 10.2. The number of hydrogen-bond donors (Lipinski definition) is 2. The minimum atomic E-state index is -0.527. The molecule has 2 heterocycles. The van der Waals surface area contributed by atoms with Gasteiger partial charge in [0.1, 0.15) is 12.2 Å². The van der Waals surface area contributed by atoms with E-state index < -0.39 is 11.7 Å². The molecule has 1 aliphatic heterocycles. The second-order valence-corrected chi connectivity index (χ2v) is 5.47. The van der Waals surface area contributed by atoms with Crippen molar-refractivity contribution >= 4 is 6.09 Å². The average molecular weight is 269 g/mol. The Morgan fingerprint density at radius 2 is 2.42 bits per heavy atom. The van der Waals surface area contributed by atoms with Crippen molar-refractivity contribution in [3.05, 3.63) is 11.8 Å². The summed E-state index contributed by atoms with van der Waals surface area (Å²) >= 11 is 0. The number of hydrogen-bond acceptors (Lipinski definition) is 5. The first-order chi connectivity index (χ1) is 8.87. The van der Waals surface area contributed by atoms with Gasteiger partial charge in [0.2, 0.25) is 5.88 Å².